The molecule has 3 rings (SSSR count). The highest BCUT2D eigenvalue weighted by Crippen LogP contribution is 2.50. The van der Waals surface area contributed by atoms with Gasteiger partial charge in [-0.1, -0.05) is 0 Å². The van der Waals surface area contributed by atoms with Crippen LogP contribution in [0.5, 0.6) is 0 Å². The predicted molar refractivity (Wildman–Crippen MR) is 69.5 cm³/mol. The molecule has 0 amide bonds. The summed E-state index contributed by atoms with van der Waals surface area (Å²) >= 11 is 0. The molecule has 5 atom stereocenters. The van der Waals surface area contributed by atoms with Crippen LogP contribution in [0.1, 0.15) is 6.23 Å². The molecular formula is C11H14FN2O6P. The zero-order chi connectivity index (χ0) is 15.2. The molecule has 1 aromatic heterocycles. The summed E-state index contributed by atoms with van der Waals surface area (Å²) in [6.07, 6.45) is -1.22. The fraction of sp³-hybridized carbons (Fsp3) is 0.636. The van der Waals surface area contributed by atoms with Crippen LogP contribution in [0.25, 0.3) is 0 Å². The van der Waals surface area contributed by atoms with Crippen molar-refractivity contribution in [1.82, 2.24) is 9.55 Å². The lowest BCUT2D eigenvalue weighted by molar-refractivity contribution is -0.124. The van der Waals surface area contributed by atoms with E-state index in [1.54, 1.807) is 0 Å². The van der Waals surface area contributed by atoms with Gasteiger partial charge in [0.25, 0.3) is 5.56 Å². The maximum atomic E-state index is 13.4. The molecule has 0 aromatic carbocycles. The third kappa shape index (κ3) is 2.30. The number of aromatic nitrogens is 2. The fourth-order valence-electron chi connectivity index (χ4n) is 2.81. The molecular weight excluding hydrogens is 306 g/mol. The Morgan fingerprint density at radius 1 is 1.57 bits per heavy atom. The van der Waals surface area contributed by atoms with Gasteiger partial charge >= 0.3 is 5.69 Å². The molecule has 3 heterocycles. The standard InChI is InChI=1S/C11H14FN2O6P/c12-4-11-5-19-21(18)3-6(11)8(16)9(20-11)14-2-1-7(15)13-10(14)17/h1-2,6,8-9,16,21H,3-5H2,(H,13,15,17)/t6-,8+,9+,11+/m0/s1. The number of rotatable bonds is 2. The van der Waals surface area contributed by atoms with Crippen LogP contribution < -0.4 is 11.2 Å². The Hall–Kier alpha value is -1.28. The molecule has 1 aromatic rings. The zero-order valence-electron chi connectivity index (χ0n) is 10.8. The van der Waals surface area contributed by atoms with E-state index in [9.17, 15) is 23.7 Å². The molecule has 0 saturated carbocycles. The number of H-pyrrole nitrogens is 1. The Balaban J connectivity index is 2.00. The van der Waals surface area contributed by atoms with Gasteiger partial charge in [0.1, 0.15) is 18.4 Å². The van der Waals surface area contributed by atoms with Crippen LogP contribution in [0.4, 0.5) is 4.39 Å². The number of aliphatic hydroxyl groups is 1. The second kappa shape index (κ2) is 5.17. The number of ether oxygens (including phenoxy) is 1. The average Bonchev–Trinajstić information content (AvgIpc) is 2.73. The third-order valence-corrected chi connectivity index (χ3v) is 5.19. The van der Waals surface area contributed by atoms with Crippen molar-refractivity contribution in [2.24, 2.45) is 5.92 Å². The van der Waals surface area contributed by atoms with Crippen molar-refractivity contribution in [3.63, 3.8) is 0 Å². The van der Waals surface area contributed by atoms with E-state index in [0.29, 0.717) is 0 Å². The number of aliphatic hydroxyl groups excluding tert-OH is 1. The van der Waals surface area contributed by atoms with Crippen molar-refractivity contribution in [2.45, 2.75) is 17.9 Å². The quantitative estimate of drug-likeness (QED) is 0.694. The van der Waals surface area contributed by atoms with Crippen molar-refractivity contribution in [2.75, 3.05) is 19.4 Å². The monoisotopic (exact) mass is 320 g/mol. The number of halogens is 1. The topological polar surface area (TPSA) is 111 Å². The molecule has 0 radical (unpaired) electrons. The first-order valence-electron chi connectivity index (χ1n) is 6.36. The fourth-order valence-corrected chi connectivity index (χ4v) is 4.31. The molecule has 21 heavy (non-hydrogen) atoms. The minimum atomic E-state index is -2.35. The summed E-state index contributed by atoms with van der Waals surface area (Å²) in [5.74, 6) is -0.730. The van der Waals surface area contributed by atoms with E-state index in [2.05, 4.69) is 0 Å². The second-order valence-electron chi connectivity index (χ2n) is 5.19. The maximum Gasteiger partial charge on any atom is 0.330 e. The molecule has 10 heteroatoms. The minimum Gasteiger partial charge on any atom is -0.388 e. The SMILES string of the molecule is O=c1ccn([C@@H]2O[C@]3(CF)CO[PH](=O)C[C@H]3[C@H]2O)c(=O)[nH]1. The highest BCUT2D eigenvalue weighted by Gasteiger charge is 2.58. The van der Waals surface area contributed by atoms with Crippen LogP contribution in [-0.4, -0.2) is 45.8 Å². The van der Waals surface area contributed by atoms with Gasteiger partial charge in [0.05, 0.1) is 6.61 Å². The van der Waals surface area contributed by atoms with Crippen molar-refractivity contribution in [3.8, 4) is 0 Å². The molecule has 2 saturated heterocycles. The van der Waals surface area contributed by atoms with E-state index in [4.69, 9.17) is 9.26 Å². The van der Waals surface area contributed by atoms with Gasteiger partial charge in [-0.3, -0.25) is 18.9 Å². The number of alkyl halides is 1. The molecule has 0 spiro atoms. The maximum absolute atomic E-state index is 13.4. The number of hydrogen-bond donors (Lipinski definition) is 2. The van der Waals surface area contributed by atoms with E-state index in [-0.39, 0.29) is 12.8 Å². The van der Waals surface area contributed by atoms with Crippen molar-refractivity contribution < 1.29 is 23.3 Å². The summed E-state index contributed by atoms with van der Waals surface area (Å²) in [6, 6.07) is 1.10. The summed E-state index contributed by atoms with van der Waals surface area (Å²) in [5.41, 5.74) is -2.78. The summed E-state index contributed by atoms with van der Waals surface area (Å²) < 4.78 is 36.5. The Labute approximate surface area is 118 Å². The molecule has 8 nitrogen and oxygen atoms in total. The molecule has 0 bridgehead atoms. The van der Waals surface area contributed by atoms with Gasteiger partial charge in [-0.2, -0.15) is 0 Å². The Morgan fingerprint density at radius 3 is 3.00 bits per heavy atom. The molecule has 2 aliphatic heterocycles. The lowest BCUT2D eigenvalue weighted by Crippen LogP contribution is -2.48. The van der Waals surface area contributed by atoms with Gasteiger partial charge in [0, 0.05) is 24.3 Å². The number of nitrogens with zero attached hydrogens (tertiary/aromatic N) is 1. The molecule has 0 aliphatic carbocycles. The van der Waals surface area contributed by atoms with Crippen LogP contribution >= 0.6 is 8.03 Å². The summed E-state index contributed by atoms with van der Waals surface area (Å²) in [4.78, 5) is 24.9. The summed E-state index contributed by atoms with van der Waals surface area (Å²) in [7, 11) is -2.35. The van der Waals surface area contributed by atoms with Crippen molar-refractivity contribution in [3.05, 3.63) is 33.1 Å². The number of aromatic amines is 1. The minimum absolute atomic E-state index is 0.00957. The molecule has 1 unspecified atom stereocenters. The van der Waals surface area contributed by atoms with Gasteiger partial charge in [0.2, 0.25) is 0 Å². The van der Waals surface area contributed by atoms with Gasteiger partial charge in [-0.05, 0) is 0 Å². The highest BCUT2D eigenvalue weighted by molar-refractivity contribution is 7.39. The van der Waals surface area contributed by atoms with E-state index < -0.39 is 49.8 Å². The van der Waals surface area contributed by atoms with E-state index >= 15 is 0 Å². The number of nitrogens with one attached hydrogen (secondary N) is 1. The van der Waals surface area contributed by atoms with Crippen LogP contribution in [0.15, 0.2) is 21.9 Å². The summed E-state index contributed by atoms with van der Waals surface area (Å²) in [5, 5.41) is 10.3. The summed E-state index contributed by atoms with van der Waals surface area (Å²) in [6.45, 7) is -1.17. The van der Waals surface area contributed by atoms with Crippen LogP contribution in [0, 0.1) is 5.92 Å². The van der Waals surface area contributed by atoms with Gasteiger partial charge in [0.15, 0.2) is 14.3 Å². The van der Waals surface area contributed by atoms with Gasteiger partial charge < -0.3 is 14.4 Å². The van der Waals surface area contributed by atoms with E-state index in [1.807, 2.05) is 4.98 Å². The third-order valence-electron chi connectivity index (χ3n) is 3.95. The molecule has 2 aliphatic rings. The molecule has 2 N–H and O–H groups in total. The van der Waals surface area contributed by atoms with Crippen LogP contribution in [0.3, 0.4) is 0 Å². The average molecular weight is 320 g/mol. The smallest absolute Gasteiger partial charge is 0.330 e. The molecule has 2 fully saturated rings. The first-order valence-corrected chi connectivity index (χ1v) is 7.88. The van der Waals surface area contributed by atoms with E-state index in [0.717, 1.165) is 10.6 Å². The number of fused-ring (bicyclic) bond motifs is 1. The van der Waals surface area contributed by atoms with Gasteiger partial charge in [-0.25, -0.2) is 9.18 Å². The zero-order valence-corrected chi connectivity index (χ0v) is 11.8. The highest BCUT2D eigenvalue weighted by atomic mass is 31.1. The molecule has 116 valence electrons. The lowest BCUT2D eigenvalue weighted by Gasteiger charge is -2.35. The largest absolute Gasteiger partial charge is 0.388 e. The first-order chi connectivity index (χ1) is 9.97. The predicted octanol–water partition coefficient (Wildman–Crippen LogP) is -0.744. The number of hydrogen-bond acceptors (Lipinski definition) is 6. The van der Waals surface area contributed by atoms with Crippen LogP contribution in [-0.2, 0) is 13.8 Å². The Morgan fingerprint density at radius 2 is 2.33 bits per heavy atom. The van der Waals surface area contributed by atoms with Crippen LogP contribution in [0.2, 0.25) is 0 Å². The first kappa shape index (κ1) is 14.6. The van der Waals surface area contributed by atoms with Gasteiger partial charge in [-0.15, -0.1) is 0 Å². The van der Waals surface area contributed by atoms with Crippen molar-refractivity contribution >= 4 is 8.03 Å². The Kier molecular flexibility index (Phi) is 3.61. The Bertz CT molecular complexity index is 690. The second-order valence-corrected chi connectivity index (χ2v) is 6.63. The normalized spacial score (nSPS) is 39.1. The van der Waals surface area contributed by atoms with E-state index in [1.165, 1.54) is 6.20 Å². The lowest BCUT2D eigenvalue weighted by atomic mass is 9.88. The van der Waals surface area contributed by atoms with Crippen molar-refractivity contribution in [1.29, 1.82) is 0 Å².